The zero-order chi connectivity index (χ0) is 28.7. The number of amides is 1. The SMILES string of the molecule is CCS(=O)(=O)NC(=O)c1ccc2c(Oc3ccc(C[C@@H](CO)NC[C@@H](O)c4cccc(Cl)c4)cc3)ccnc2c1.Cl.Cl. The topological polar surface area (TPSA) is 138 Å². The van der Waals surface area contributed by atoms with Crippen molar-refractivity contribution >= 4 is 63.2 Å². The number of pyridine rings is 1. The summed E-state index contributed by atoms with van der Waals surface area (Å²) in [5.41, 5.74) is 2.32. The van der Waals surface area contributed by atoms with Crippen molar-refractivity contribution in [3.63, 3.8) is 0 Å². The van der Waals surface area contributed by atoms with Gasteiger partial charge in [-0.05, 0) is 73.0 Å². The summed E-state index contributed by atoms with van der Waals surface area (Å²) >= 11 is 6.00. The highest BCUT2D eigenvalue weighted by atomic mass is 35.5. The number of nitrogens with zero attached hydrogens (tertiary/aromatic N) is 1. The first kappa shape index (κ1) is 35.2. The van der Waals surface area contributed by atoms with Gasteiger partial charge in [0.05, 0.1) is 24.0 Å². The van der Waals surface area contributed by atoms with Crippen LogP contribution in [0.25, 0.3) is 10.9 Å². The van der Waals surface area contributed by atoms with Gasteiger partial charge in [0, 0.05) is 34.8 Å². The number of hydrogen-bond donors (Lipinski definition) is 4. The van der Waals surface area contributed by atoms with Crippen molar-refractivity contribution < 1.29 is 28.2 Å². The maximum absolute atomic E-state index is 12.3. The van der Waals surface area contributed by atoms with Crippen LogP contribution in [0.1, 0.15) is 34.5 Å². The molecule has 0 spiro atoms. The van der Waals surface area contributed by atoms with E-state index in [1.807, 2.05) is 29.0 Å². The van der Waals surface area contributed by atoms with Crippen LogP contribution in [-0.2, 0) is 16.4 Å². The minimum Gasteiger partial charge on any atom is -0.457 e. The third-order valence-electron chi connectivity index (χ3n) is 6.28. The molecule has 0 radical (unpaired) electrons. The Balaban J connectivity index is 0.00000308. The molecule has 2 atom stereocenters. The van der Waals surface area contributed by atoms with Gasteiger partial charge in [0.1, 0.15) is 11.5 Å². The second-order valence-corrected chi connectivity index (χ2v) is 11.6. The van der Waals surface area contributed by atoms with Crippen LogP contribution in [0.3, 0.4) is 0 Å². The first-order valence-corrected chi connectivity index (χ1v) is 14.7. The van der Waals surface area contributed by atoms with Crippen molar-refractivity contribution in [2.45, 2.75) is 25.5 Å². The smallest absolute Gasteiger partial charge is 0.264 e. The van der Waals surface area contributed by atoms with Gasteiger partial charge in [0.15, 0.2) is 0 Å². The van der Waals surface area contributed by atoms with Crippen LogP contribution in [0.2, 0.25) is 5.02 Å². The molecule has 4 aromatic rings. The summed E-state index contributed by atoms with van der Waals surface area (Å²) < 4.78 is 31.6. The normalized spacial score (nSPS) is 12.5. The molecule has 3 aromatic carbocycles. The minimum atomic E-state index is -3.68. The fourth-order valence-electron chi connectivity index (χ4n) is 4.04. The maximum atomic E-state index is 12.3. The van der Waals surface area contributed by atoms with Gasteiger partial charge in [-0.15, -0.1) is 24.8 Å². The average Bonchev–Trinajstić information content (AvgIpc) is 2.95. The lowest BCUT2D eigenvalue weighted by Gasteiger charge is -2.19. The Morgan fingerprint density at radius 2 is 1.79 bits per heavy atom. The summed E-state index contributed by atoms with van der Waals surface area (Å²) in [5, 5.41) is 24.7. The number of fused-ring (bicyclic) bond motifs is 1. The molecule has 0 aliphatic heterocycles. The average molecular weight is 657 g/mol. The predicted octanol–water partition coefficient (Wildman–Crippen LogP) is 4.83. The quantitative estimate of drug-likeness (QED) is 0.170. The van der Waals surface area contributed by atoms with Crippen LogP contribution in [0, 0.1) is 0 Å². The van der Waals surface area contributed by atoms with Gasteiger partial charge in [-0.25, -0.2) is 13.1 Å². The molecule has 0 aliphatic carbocycles. The fraction of sp³-hybridized carbons (Fsp3) is 0.241. The minimum absolute atomic E-state index is 0. The van der Waals surface area contributed by atoms with Crippen molar-refractivity contribution in [1.82, 2.24) is 15.0 Å². The molecule has 1 heterocycles. The van der Waals surface area contributed by atoms with Crippen LogP contribution >= 0.6 is 36.4 Å². The van der Waals surface area contributed by atoms with Crippen LogP contribution in [0.4, 0.5) is 0 Å². The molecule has 0 saturated heterocycles. The van der Waals surface area contributed by atoms with Gasteiger partial charge in [-0.3, -0.25) is 9.78 Å². The molecule has 1 amide bonds. The zero-order valence-electron chi connectivity index (χ0n) is 22.6. The first-order valence-electron chi connectivity index (χ1n) is 12.7. The van der Waals surface area contributed by atoms with Crippen molar-refractivity contribution in [1.29, 1.82) is 0 Å². The highest BCUT2D eigenvalue weighted by Gasteiger charge is 2.16. The monoisotopic (exact) mass is 655 g/mol. The van der Waals surface area contributed by atoms with E-state index >= 15 is 0 Å². The summed E-state index contributed by atoms with van der Waals surface area (Å²) in [6.45, 7) is 1.61. The van der Waals surface area contributed by atoms with Crippen LogP contribution < -0.4 is 14.8 Å². The van der Waals surface area contributed by atoms with Crippen molar-refractivity contribution in [2.75, 3.05) is 18.9 Å². The van der Waals surface area contributed by atoms with Gasteiger partial charge < -0.3 is 20.3 Å². The Kier molecular flexibility index (Phi) is 13.5. The lowest BCUT2D eigenvalue weighted by molar-refractivity contribution is 0.0981. The molecule has 42 heavy (non-hydrogen) atoms. The number of aromatic nitrogens is 1. The standard InChI is InChI=1S/C29H30ClN3O6S.2ClH/c1-2-40(37,38)33-29(36)21-8-11-25-26(16-21)31-13-12-28(25)39-24-9-6-19(7-10-24)14-23(18-34)32-17-27(35)20-4-3-5-22(30)15-20;;/h3-13,15-16,23,27,32,34-35H,2,14,17-18H2,1H3,(H,33,36);2*1H/t23-,27+;;/m0../s1. The lowest BCUT2D eigenvalue weighted by Crippen LogP contribution is -2.37. The van der Waals surface area contributed by atoms with E-state index in [9.17, 15) is 23.4 Å². The van der Waals surface area contributed by atoms with E-state index in [4.69, 9.17) is 16.3 Å². The van der Waals surface area contributed by atoms with Crippen LogP contribution in [-0.4, -0.2) is 54.5 Å². The number of aliphatic hydroxyl groups is 2. The number of aliphatic hydroxyl groups excluding tert-OH is 2. The first-order chi connectivity index (χ1) is 19.2. The molecule has 0 bridgehead atoms. The molecule has 4 rings (SSSR count). The summed E-state index contributed by atoms with van der Waals surface area (Å²) in [7, 11) is -3.68. The molecule has 226 valence electrons. The molecule has 9 nitrogen and oxygen atoms in total. The van der Waals surface area contributed by atoms with Crippen molar-refractivity contribution in [2.24, 2.45) is 0 Å². The van der Waals surface area contributed by atoms with Gasteiger partial charge in [0.25, 0.3) is 5.91 Å². The Morgan fingerprint density at radius 1 is 1.05 bits per heavy atom. The number of halogens is 3. The number of sulfonamides is 1. The second kappa shape index (κ2) is 16.0. The third kappa shape index (κ3) is 9.53. The van der Waals surface area contributed by atoms with Gasteiger partial charge in [-0.1, -0.05) is 35.9 Å². The second-order valence-electron chi connectivity index (χ2n) is 9.18. The van der Waals surface area contributed by atoms with E-state index < -0.39 is 22.0 Å². The summed E-state index contributed by atoms with van der Waals surface area (Å²) in [6.07, 6.45) is 1.33. The number of rotatable bonds is 12. The predicted molar refractivity (Wildman–Crippen MR) is 169 cm³/mol. The highest BCUT2D eigenvalue weighted by Crippen LogP contribution is 2.29. The Bertz CT molecular complexity index is 1590. The Hall–Kier alpha value is -2.96. The largest absolute Gasteiger partial charge is 0.457 e. The number of benzene rings is 3. The molecule has 4 N–H and O–H groups in total. The maximum Gasteiger partial charge on any atom is 0.264 e. The van der Waals surface area contributed by atoms with E-state index in [0.29, 0.717) is 39.4 Å². The van der Waals surface area contributed by atoms with Crippen LogP contribution in [0.15, 0.2) is 79.0 Å². The van der Waals surface area contributed by atoms with E-state index in [1.54, 1.807) is 42.6 Å². The van der Waals surface area contributed by atoms with Gasteiger partial charge in [0.2, 0.25) is 10.0 Å². The zero-order valence-corrected chi connectivity index (χ0v) is 25.8. The van der Waals surface area contributed by atoms with E-state index in [1.165, 1.54) is 19.1 Å². The van der Waals surface area contributed by atoms with Crippen molar-refractivity contribution in [3.8, 4) is 11.5 Å². The molecule has 0 fully saturated rings. The number of carbonyl (C=O) groups excluding carboxylic acids is 1. The third-order valence-corrected chi connectivity index (χ3v) is 7.77. The Morgan fingerprint density at radius 3 is 2.45 bits per heavy atom. The van der Waals surface area contributed by atoms with Crippen LogP contribution in [0.5, 0.6) is 11.5 Å². The van der Waals surface area contributed by atoms with Gasteiger partial charge in [-0.2, -0.15) is 0 Å². The molecule has 0 aliphatic rings. The Labute approximate surface area is 262 Å². The number of hydrogen-bond acceptors (Lipinski definition) is 8. The number of nitrogens with one attached hydrogen (secondary N) is 2. The van der Waals surface area contributed by atoms with E-state index in [-0.39, 0.29) is 55.3 Å². The molecular weight excluding hydrogens is 625 g/mol. The summed E-state index contributed by atoms with van der Waals surface area (Å²) in [6, 6.07) is 20.6. The molecule has 0 unspecified atom stereocenters. The van der Waals surface area contributed by atoms with E-state index in [2.05, 4.69) is 10.3 Å². The molecule has 13 heteroatoms. The highest BCUT2D eigenvalue weighted by molar-refractivity contribution is 7.90. The van der Waals surface area contributed by atoms with Gasteiger partial charge >= 0.3 is 0 Å². The molecule has 0 saturated carbocycles. The van der Waals surface area contributed by atoms with Crippen molar-refractivity contribution in [3.05, 3.63) is 101 Å². The lowest BCUT2D eigenvalue weighted by atomic mass is 10.0. The number of ether oxygens (including phenoxy) is 1. The molecular formula is C29H32Cl3N3O6S. The summed E-state index contributed by atoms with van der Waals surface area (Å²) in [5.74, 6) is 0.181. The number of carbonyl (C=O) groups is 1. The molecule has 1 aromatic heterocycles. The van der Waals surface area contributed by atoms with E-state index in [0.717, 1.165) is 5.56 Å². The fourth-order valence-corrected chi connectivity index (χ4v) is 4.78. The summed E-state index contributed by atoms with van der Waals surface area (Å²) in [4.78, 5) is 16.6.